The molecule has 2 rings (SSSR count). The predicted octanol–water partition coefficient (Wildman–Crippen LogP) is 3.11. The molecule has 1 aliphatic carbocycles. The molecule has 0 unspecified atom stereocenters. The highest BCUT2D eigenvalue weighted by molar-refractivity contribution is 5.37. The van der Waals surface area contributed by atoms with Gasteiger partial charge in [0.05, 0.1) is 0 Å². The predicted molar refractivity (Wildman–Crippen MR) is 69.9 cm³/mol. The van der Waals surface area contributed by atoms with E-state index in [0.717, 1.165) is 6.54 Å². The minimum atomic E-state index is 0.597. The van der Waals surface area contributed by atoms with Gasteiger partial charge in [-0.25, -0.2) is 0 Å². The summed E-state index contributed by atoms with van der Waals surface area (Å²) in [6.45, 7) is 5.52. The highest BCUT2D eigenvalue weighted by atomic mass is 14.9. The lowest BCUT2D eigenvalue weighted by molar-refractivity contribution is 0.586. The first-order valence-electron chi connectivity index (χ1n) is 6.60. The van der Waals surface area contributed by atoms with Crippen LogP contribution in [0.1, 0.15) is 43.4 Å². The van der Waals surface area contributed by atoms with Crippen molar-refractivity contribution in [2.45, 2.75) is 52.0 Å². The molecule has 1 N–H and O–H groups in total. The molecule has 1 aliphatic rings. The maximum absolute atomic E-state index is 3.50. The topological polar surface area (TPSA) is 12.0 Å². The SMILES string of the molecule is CC(C)NCCc1cccc2c1CCCC2. The molecule has 1 nitrogen and oxygen atoms in total. The van der Waals surface area contributed by atoms with Gasteiger partial charge in [0.15, 0.2) is 0 Å². The van der Waals surface area contributed by atoms with Gasteiger partial charge in [-0.2, -0.15) is 0 Å². The molecule has 0 saturated carbocycles. The molecule has 0 bridgehead atoms. The quantitative estimate of drug-likeness (QED) is 0.817. The summed E-state index contributed by atoms with van der Waals surface area (Å²) in [7, 11) is 0. The van der Waals surface area contributed by atoms with Crippen LogP contribution in [0.4, 0.5) is 0 Å². The number of rotatable bonds is 4. The maximum Gasteiger partial charge on any atom is 0.00105 e. The lowest BCUT2D eigenvalue weighted by Crippen LogP contribution is -2.25. The summed E-state index contributed by atoms with van der Waals surface area (Å²) in [5.41, 5.74) is 4.83. The summed E-state index contributed by atoms with van der Waals surface area (Å²) in [6.07, 6.45) is 6.53. The first-order chi connectivity index (χ1) is 7.77. The third-order valence-electron chi connectivity index (χ3n) is 3.44. The van der Waals surface area contributed by atoms with Crippen molar-refractivity contribution in [2.24, 2.45) is 0 Å². The van der Waals surface area contributed by atoms with Gasteiger partial charge in [0.1, 0.15) is 0 Å². The van der Waals surface area contributed by atoms with E-state index in [2.05, 4.69) is 37.4 Å². The maximum atomic E-state index is 3.50. The smallest absolute Gasteiger partial charge is 0.00105 e. The molecule has 1 aromatic carbocycles. The van der Waals surface area contributed by atoms with Crippen LogP contribution < -0.4 is 5.32 Å². The van der Waals surface area contributed by atoms with Gasteiger partial charge in [-0.3, -0.25) is 0 Å². The van der Waals surface area contributed by atoms with E-state index in [4.69, 9.17) is 0 Å². The van der Waals surface area contributed by atoms with E-state index < -0.39 is 0 Å². The fourth-order valence-electron chi connectivity index (χ4n) is 2.59. The highest BCUT2D eigenvalue weighted by Crippen LogP contribution is 2.24. The first kappa shape index (κ1) is 11.7. The summed E-state index contributed by atoms with van der Waals surface area (Å²) < 4.78 is 0. The average Bonchev–Trinajstić information content (AvgIpc) is 2.29. The Balaban J connectivity index is 2.03. The lowest BCUT2D eigenvalue weighted by atomic mass is 9.87. The second kappa shape index (κ2) is 5.49. The van der Waals surface area contributed by atoms with Crippen LogP contribution in [0.2, 0.25) is 0 Å². The second-order valence-electron chi connectivity index (χ2n) is 5.12. The molecule has 16 heavy (non-hydrogen) atoms. The van der Waals surface area contributed by atoms with Crippen LogP contribution in [0, 0.1) is 0 Å². The Kier molecular flexibility index (Phi) is 4.00. The summed E-state index contributed by atoms with van der Waals surface area (Å²) in [5.74, 6) is 0. The number of hydrogen-bond acceptors (Lipinski definition) is 1. The van der Waals surface area contributed by atoms with Crippen LogP contribution in [0.25, 0.3) is 0 Å². The van der Waals surface area contributed by atoms with Crippen LogP contribution in [0.15, 0.2) is 18.2 Å². The minimum Gasteiger partial charge on any atom is -0.314 e. The van der Waals surface area contributed by atoms with Crippen molar-refractivity contribution in [3.8, 4) is 0 Å². The standard InChI is InChI=1S/C15H23N/c1-12(2)16-11-10-14-8-5-7-13-6-3-4-9-15(13)14/h5,7-8,12,16H,3-4,6,9-11H2,1-2H3. The fourth-order valence-corrected chi connectivity index (χ4v) is 2.59. The molecule has 0 spiro atoms. The summed E-state index contributed by atoms with van der Waals surface area (Å²) >= 11 is 0. The molecule has 1 aromatic rings. The van der Waals surface area contributed by atoms with E-state index in [0.29, 0.717) is 6.04 Å². The number of fused-ring (bicyclic) bond motifs is 1. The molecular formula is C15H23N. The number of aryl methyl sites for hydroxylation is 1. The average molecular weight is 217 g/mol. The van der Waals surface area contributed by atoms with E-state index in [-0.39, 0.29) is 0 Å². The molecular weight excluding hydrogens is 194 g/mol. The van der Waals surface area contributed by atoms with E-state index in [9.17, 15) is 0 Å². The van der Waals surface area contributed by atoms with E-state index in [1.165, 1.54) is 32.1 Å². The fraction of sp³-hybridized carbons (Fsp3) is 0.600. The molecule has 0 aromatic heterocycles. The molecule has 0 saturated heterocycles. The Labute approximate surface area is 99.3 Å². The third kappa shape index (κ3) is 2.85. The van der Waals surface area contributed by atoms with Gasteiger partial charge in [-0.1, -0.05) is 32.0 Å². The van der Waals surface area contributed by atoms with Crippen molar-refractivity contribution < 1.29 is 0 Å². The zero-order valence-electron chi connectivity index (χ0n) is 10.6. The Morgan fingerprint density at radius 3 is 2.81 bits per heavy atom. The van der Waals surface area contributed by atoms with Crippen molar-refractivity contribution in [1.29, 1.82) is 0 Å². The molecule has 0 heterocycles. The number of hydrogen-bond donors (Lipinski definition) is 1. The van der Waals surface area contributed by atoms with Crippen LogP contribution in [0.3, 0.4) is 0 Å². The van der Waals surface area contributed by atoms with Gasteiger partial charge >= 0.3 is 0 Å². The number of benzene rings is 1. The van der Waals surface area contributed by atoms with Crippen molar-refractivity contribution >= 4 is 0 Å². The van der Waals surface area contributed by atoms with Crippen molar-refractivity contribution in [1.82, 2.24) is 5.32 Å². The van der Waals surface area contributed by atoms with Crippen molar-refractivity contribution in [2.75, 3.05) is 6.54 Å². The van der Waals surface area contributed by atoms with E-state index >= 15 is 0 Å². The first-order valence-corrected chi connectivity index (χ1v) is 6.60. The molecule has 0 amide bonds. The largest absolute Gasteiger partial charge is 0.314 e. The van der Waals surface area contributed by atoms with Gasteiger partial charge in [0.25, 0.3) is 0 Å². The molecule has 1 heteroatoms. The molecule has 88 valence electrons. The van der Waals surface area contributed by atoms with Crippen LogP contribution in [-0.4, -0.2) is 12.6 Å². The van der Waals surface area contributed by atoms with Crippen LogP contribution in [-0.2, 0) is 19.3 Å². The highest BCUT2D eigenvalue weighted by Gasteiger charge is 2.12. The van der Waals surface area contributed by atoms with Gasteiger partial charge < -0.3 is 5.32 Å². The minimum absolute atomic E-state index is 0.597. The van der Waals surface area contributed by atoms with E-state index in [1.54, 1.807) is 16.7 Å². The monoisotopic (exact) mass is 217 g/mol. The Morgan fingerprint density at radius 2 is 2.00 bits per heavy atom. The summed E-state index contributed by atoms with van der Waals surface area (Å²) in [5, 5.41) is 3.50. The molecule has 0 atom stereocenters. The Hall–Kier alpha value is -0.820. The Morgan fingerprint density at radius 1 is 1.19 bits per heavy atom. The van der Waals surface area contributed by atoms with E-state index in [1.807, 2.05) is 0 Å². The van der Waals surface area contributed by atoms with Crippen molar-refractivity contribution in [3.63, 3.8) is 0 Å². The molecule has 0 fully saturated rings. The Bertz CT molecular complexity index is 341. The zero-order valence-corrected chi connectivity index (χ0v) is 10.6. The zero-order chi connectivity index (χ0) is 11.4. The normalized spacial score (nSPS) is 15.2. The van der Waals surface area contributed by atoms with Crippen LogP contribution >= 0.6 is 0 Å². The van der Waals surface area contributed by atoms with Gasteiger partial charge in [0.2, 0.25) is 0 Å². The summed E-state index contributed by atoms with van der Waals surface area (Å²) in [6, 6.07) is 7.45. The molecule has 0 radical (unpaired) electrons. The lowest BCUT2D eigenvalue weighted by Gasteiger charge is -2.19. The number of nitrogens with one attached hydrogen (secondary N) is 1. The summed E-state index contributed by atoms with van der Waals surface area (Å²) in [4.78, 5) is 0. The van der Waals surface area contributed by atoms with Gasteiger partial charge in [0, 0.05) is 6.04 Å². The van der Waals surface area contributed by atoms with Crippen LogP contribution in [0.5, 0.6) is 0 Å². The third-order valence-corrected chi connectivity index (χ3v) is 3.44. The second-order valence-corrected chi connectivity index (χ2v) is 5.12. The van der Waals surface area contributed by atoms with Crippen molar-refractivity contribution in [3.05, 3.63) is 34.9 Å². The van der Waals surface area contributed by atoms with Gasteiger partial charge in [-0.15, -0.1) is 0 Å². The molecule has 0 aliphatic heterocycles. The van der Waals surface area contributed by atoms with Gasteiger partial charge in [-0.05, 0) is 55.3 Å².